The minimum atomic E-state index is -1.29. The van der Waals surface area contributed by atoms with Gasteiger partial charge in [0.25, 0.3) is 0 Å². The Labute approximate surface area is 359 Å². The highest BCUT2D eigenvalue weighted by molar-refractivity contribution is 5.76. The second-order valence-electron chi connectivity index (χ2n) is 17.7. The number of hydrogen-bond acceptors (Lipinski definition) is 6. The van der Waals surface area contributed by atoms with E-state index >= 15 is 0 Å². The largest absolute Gasteiger partial charge is 0.508 e. The molecular weight excluding hydrogens is 727 g/mol. The maximum absolute atomic E-state index is 13.7. The Balaban J connectivity index is 6.28. The van der Waals surface area contributed by atoms with Gasteiger partial charge < -0.3 is 24.6 Å². The highest BCUT2D eigenvalue weighted by Gasteiger charge is 2.46. The zero-order valence-electron chi connectivity index (χ0n) is 39.3. The van der Waals surface area contributed by atoms with Gasteiger partial charge in [0.15, 0.2) is 0 Å². The van der Waals surface area contributed by atoms with Gasteiger partial charge in [0.05, 0.1) is 12.5 Å². The van der Waals surface area contributed by atoms with Crippen molar-refractivity contribution in [2.45, 2.75) is 247 Å². The molecule has 58 heavy (non-hydrogen) atoms. The average molecular weight is 824 g/mol. The van der Waals surface area contributed by atoms with Crippen molar-refractivity contribution in [1.29, 1.82) is 0 Å². The van der Waals surface area contributed by atoms with Crippen LogP contribution in [0.2, 0.25) is 0 Å². The molecule has 8 heteroatoms. The van der Waals surface area contributed by atoms with Gasteiger partial charge in [-0.3, -0.25) is 9.59 Å². The van der Waals surface area contributed by atoms with Gasteiger partial charge >= 0.3 is 18.1 Å². The summed E-state index contributed by atoms with van der Waals surface area (Å²) in [6, 6.07) is 0. The number of unbranched alkanes of at least 4 members (excludes halogenated alkanes) is 20. The maximum atomic E-state index is 13.7. The fourth-order valence-corrected chi connectivity index (χ4v) is 9.11. The molecule has 0 bridgehead atoms. The number of carbonyl (C=O) groups excluding carboxylic acids is 1. The third-order valence-corrected chi connectivity index (χ3v) is 13.1. The molecule has 0 saturated heterocycles. The van der Waals surface area contributed by atoms with Crippen LogP contribution in [0.15, 0.2) is 0 Å². The van der Waals surface area contributed by atoms with Crippen molar-refractivity contribution < 1.29 is 34.1 Å². The first-order valence-corrected chi connectivity index (χ1v) is 25.1. The van der Waals surface area contributed by atoms with E-state index in [9.17, 15) is 24.6 Å². The molecule has 0 aromatic carbocycles. The van der Waals surface area contributed by atoms with E-state index in [-0.39, 0.29) is 25.0 Å². The van der Waals surface area contributed by atoms with Crippen LogP contribution in [-0.4, -0.2) is 66.1 Å². The minimum absolute atomic E-state index is 0.0960. The standard InChI is InChI=1S/C50H97NO7/c1-7-13-17-21-25-29-35-44(36-30-26-22-18-14-8-2)46(47(52)53)39-33-40-50(48(54)55,43-58-49(56)57-42-34-41-51(11-5)12-6)45(37-31-27-23-19-15-9-3)38-32-28-24-20-16-10-4/h44-46H,7-43H2,1-6H3,(H,52,53)(H,54,55). The molecule has 0 aromatic heterocycles. The number of carboxylic acids is 2. The van der Waals surface area contributed by atoms with Gasteiger partial charge in [-0.1, -0.05) is 202 Å². The van der Waals surface area contributed by atoms with Crippen LogP contribution in [-0.2, 0) is 19.1 Å². The predicted octanol–water partition coefficient (Wildman–Crippen LogP) is 15.0. The first-order chi connectivity index (χ1) is 28.2. The maximum Gasteiger partial charge on any atom is 0.508 e. The van der Waals surface area contributed by atoms with Gasteiger partial charge in [-0.15, -0.1) is 0 Å². The van der Waals surface area contributed by atoms with Gasteiger partial charge in [0, 0.05) is 6.54 Å². The van der Waals surface area contributed by atoms with E-state index in [4.69, 9.17) is 9.47 Å². The first kappa shape index (κ1) is 56.2. The molecule has 8 nitrogen and oxygen atoms in total. The summed E-state index contributed by atoms with van der Waals surface area (Å²) >= 11 is 0. The molecular formula is C50H97NO7. The lowest BCUT2D eigenvalue weighted by molar-refractivity contribution is -0.158. The predicted molar refractivity (Wildman–Crippen MR) is 244 cm³/mol. The zero-order chi connectivity index (χ0) is 43.1. The molecule has 0 saturated carbocycles. The van der Waals surface area contributed by atoms with Gasteiger partial charge in [0.2, 0.25) is 0 Å². The average Bonchev–Trinajstić information content (AvgIpc) is 3.21. The Kier molecular flexibility index (Phi) is 38.1. The number of ether oxygens (including phenoxy) is 2. The highest BCUT2D eigenvalue weighted by atomic mass is 16.7. The molecule has 344 valence electrons. The van der Waals surface area contributed by atoms with Crippen LogP contribution in [0, 0.1) is 23.2 Å². The van der Waals surface area contributed by atoms with Gasteiger partial charge in [-0.2, -0.15) is 0 Å². The van der Waals surface area contributed by atoms with E-state index in [1.54, 1.807) is 0 Å². The van der Waals surface area contributed by atoms with Crippen LogP contribution in [0.25, 0.3) is 0 Å². The van der Waals surface area contributed by atoms with Crippen molar-refractivity contribution in [1.82, 2.24) is 4.90 Å². The molecule has 0 fully saturated rings. The summed E-state index contributed by atoms with van der Waals surface area (Å²) < 4.78 is 11.3. The molecule has 0 aliphatic rings. The van der Waals surface area contributed by atoms with Crippen LogP contribution in [0.4, 0.5) is 4.79 Å². The lowest BCUT2D eigenvalue weighted by Gasteiger charge is -2.37. The summed E-state index contributed by atoms with van der Waals surface area (Å²) in [5.41, 5.74) is -1.29. The number of carboxylic acid groups (broad SMARTS) is 2. The van der Waals surface area contributed by atoms with Crippen LogP contribution in [0.5, 0.6) is 0 Å². The molecule has 2 N–H and O–H groups in total. The number of aliphatic carboxylic acids is 2. The molecule has 0 aliphatic heterocycles. The topological polar surface area (TPSA) is 113 Å². The summed E-state index contributed by atoms with van der Waals surface area (Å²) in [6.07, 6.45) is 32.2. The molecule has 0 heterocycles. The Hall–Kier alpha value is -1.83. The van der Waals surface area contributed by atoms with E-state index in [0.29, 0.717) is 25.7 Å². The fraction of sp³-hybridized carbons (Fsp3) is 0.940. The third-order valence-electron chi connectivity index (χ3n) is 13.1. The van der Waals surface area contributed by atoms with Gasteiger partial charge in [-0.05, 0) is 69.9 Å². The highest BCUT2D eigenvalue weighted by Crippen LogP contribution is 2.42. The van der Waals surface area contributed by atoms with E-state index < -0.39 is 29.4 Å². The Bertz CT molecular complexity index is 924. The normalized spacial score (nSPS) is 13.3. The summed E-state index contributed by atoms with van der Waals surface area (Å²) in [7, 11) is 0. The Morgan fingerprint density at radius 2 is 0.914 bits per heavy atom. The fourth-order valence-electron chi connectivity index (χ4n) is 9.11. The first-order valence-electron chi connectivity index (χ1n) is 25.1. The Morgan fingerprint density at radius 3 is 1.31 bits per heavy atom. The van der Waals surface area contributed by atoms with Crippen molar-refractivity contribution >= 4 is 18.1 Å². The monoisotopic (exact) mass is 824 g/mol. The van der Waals surface area contributed by atoms with E-state index in [2.05, 4.69) is 46.4 Å². The molecule has 0 radical (unpaired) electrons. The minimum Gasteiger partial charge on any atom is -0.481 e. The van der Waals surface area contributed by atoms with Gasteiger partial charge in [0.1, 0.15) is 12.0 Å². The van der Waals surface area contributed by atoms with Crippen molar-refractivity contribution in [2.75, 3.05) is 32.8 Å². The van der Waals surface area contributed by atoms with Crippen molar-refractivity contribution in [3.05, 3.63) is 0 Å². The number of hydrogen-bond donors (Lipinski definition) is 2. The molecule has 0 spiro atoms. The number of carbonyl (C=O) groups is 3. The van der Waals surface area contributed by atoms with E-state index in [1.165, 1.54) is 89.9 Å². The molecule has 2 unspecified atom stereocenters. The van der Waals surface area contributed by atoms with Crippen molar-refractivity contribution in [3.8, 4) is 0 Å². The second-order valence-corrected chi connectivity index (χ2v) is 17.7. The number of rotatable bonds is 44. The van der Waals surface area contributed by atoms with Crippen LogP contribution in [0.1, 0.15) is 247 Å². The smallest absolute Gasteiger partial charge is 0.481 e. The lowest BCUT2D eigenvalue weighted by atomic mass is 9.67. The molecule has 0 aromatic rings. The lowest BCUT2D eigenvalue weighted by Crippen LogP contribution is -2.44. The molecule has 0 aliphatic carbocycles. The van der Waals surface area contributed by atoms with Crippen molar-refractivity contribution in [2.24, 2.45) is 23.2 Å². The summed E-state index contributed by atoms with van der Waals surface area (Å²) in [5.74, 6) is -2.23. The quantitative estimate of drug-likeness (QED) is 0.0461. The Morgan fingerprint density at radius 1 is 0.500 bits per heavy atom. The third kappa shape index (κ3) is 27.8. The number of nitrogens with zero attached hydrogens (tertiary/aromatic N) is 1. The summed E-state index contributed by atoms with van der Waals surface area (Å²) in [4.78, 5) is 42.1. The van der Waals surface area contributed by atoms with E-state index in [0.717, 1.165) is 110 Å². The van der Waals surface area contributed by atoms with E-state index in [1.807, 2.05) is 0 Å². The SMILES string of the molecule is CCCCCCCCC(CCCCCCCC)C(CCCC(COC(=O)OCCCN(CC)CC)(C(=O)O)C(CCCCCCCC)CCCCCCCC)C(=O)O. The van der Waals surface area contributed by atoms with Crippen molar-refractivity contribution in [3.63, 3.8) is 0 Å². The molecule has 2 atom stereocenters. The van der Waals surface area contributed by atoms with Gasteiger partial charge in [-0.25, -0.2) is 4.79 Å². The summed E-state index contributed by atoms with van der Waals surface area (Å²) in [6.45, 7) is 15.8. The molecule has 0 rings (SSSR count). The summed E-state index contributed by atoms with van der Waals surface area (Å²) in [5, 5.41) is 21.9. The molecule has 0 amide bonds. The van der Waals surface area contributed by atoms with Crippen LogP contribution >= 0.6 is 0 Å². The zero-order valence-corrected chi connectivity index (χ0v) is 39.3. The second kappa shape index (κ2) is 39.3. The van der Waals surface area contributed by atoms with Crippen LogP contribution < -0.4 is 0 Å². The van der Waals surface area contributed by atoms with Crippen LogP contribution in [0.3, 0.4) is 0 Å².